The van der Waals surface area contributed by atoms with Gasteiger partial charge in [-0.15, -0.1) is 0 Å². The summed E-state index contributed by atoms with van der Waals surface area (Å²) in [6.07, 6.45) is 0.663. The second-order valence-electron chi connectivity index (χ2n) is 2.79. The minimum absolute atomic E-state index is 0.172. The largest absolute Gasteiger partial charge is 0.481 e. The SMILES string of the molecule is C[C@H]1COCC[C@@H]1C(=O)O. The van der Waals surface area contributed by atoms with E-state index >= 15 is 0 Å². The van der Waals surface area contributed by atoms with Crippen LogP contribution in [0, 0.1) is 11.8 Å². The molecule has 0 spiro atoms. The molecule has 1 saturated heterocycles. The van der Waals surface area contributed by atoms with Crippen molar-refractivity contribution in [3.05, 3.63) is 0 Å². The summed E-state index contributed by atoms with van der Waals surface area (Å²) in [6, 6.07) is 0. The van der Waals surface area contributed by atoms with Gasteiger partial charge in [0.15, 0.2) is 0 Å². The lowest BCUT2D eigenvalue weighted by molar-refractivity contribution is -0.147. The first kappa shape index (κ1) is 7.54. The number of carboxylic acids is 1. The number of carbonyl (C=O) groups is 1. The van der Waals surface area contributed by atoms with Crippen LogP contribution in [0.3, 0.4) is 0 Å². The highest BCUT2D eigenvalue weighted by Gasteiger charge is 2.27. The Balaban J connectivity index is 2.47. The summed E-state index contributed by atoms with van der Waals surface area (Å²) in [5, 5.41) is 8.65. The summed E-state index contributed by atoms with van der Waals surface area (Å²) in [6.45, 7) is 3.11. The lowest BCUT2D eigenvalue weighted by Gasteiger charge is -2.24. The molecule has 0 aliphatic carbocycles. The fourth-order valence-electron chi connectivity index (χ4n) is 1.25. The summed E-state index contributed by atoms with van der Waals surface area (Å²) >= 11 is 0. The first-order valence-electron chi connectivity index (χ1n) is 3.52. The molecule has 0 aromatic rings. The third kappa shape index (κ3) is 1.48. The van der Waals surface area contributed by atoms with Crippen LogP contribution in [0.5, 0.6) is 0 Å². The van der Waals surface area contributed by atoms with Crippen molar-refractivity contribution < 1.29 is 14.6 Å². The van der Waals surface area contributed by atoms with Gasteiger partial charge in [0.25, 0.3) is 0 Å². The molecule has 1 N–H and O–H groups in total. The maximum absolute atomic E-state index is 10.5. The molecule has 0 radical (unpaired) electrons. The molecule has 1 aliphatic heterocycles. The van der Waals surface area contributed by atoms with E-state index in [1.165, 1.54) is 0 Å². The molecular formula is C7H12O3. The van der Waals surface area contributed by atoms with Gasteiger partial charge < -0.3 is 9.84 Å². The molecule has 0 bridgehead atoms. The molecule has 10 heavy (non-hydrogen) atoms. The number of hydrogen-bond acceptors (Lipinski definition) is 2. The minimum atomic E-state index is -0.684. The van der Waals surface area contributed by atoms with Crippen LogP contribution in [0.15, 0.2) is 0 Å². The predicted molar refractivity (Wildman–Crippen MR) is 35.7 cm³/mol. The average Bonchev–Trinajstić information content (AvgIpc) is 1.88. The highest BCUT2D eigenvalue weighted by atomic mass is 16.5. The van der Waals surface area contributed by atoms with Gasteiger partial charge in [-0.25, -0.2) is 0 Å². The molecule has 3 heteroatoms. The monoisotopic (exact) mass is 144 g/mol. The van der Waals surface area contributed by atoms with Gasteiger partial charge in [0.2, 0.25) is 0 Å². The Labute approximate surface area is 60.0 Å². The second kappa shape index (κ2) is 3.01. The summed E-state index contributed by atoms with van der Waals surface area (Å²) in [5.74, 6) is -0.698. The lowest BCUT2D eigenvalue weighted by atomic mass is 9.90. The van der Waals surface area contributed by atoms with Crippen LogP contribution >= 0.6 is 0 Å². The van der Waals surface area contributed by atoms with E-state index in [0.29, 0.717) is 19.6 Å². The molecule has 0 aromatic carbocycles. The molecule has 0 saturated carbocycles. The van der Waals surface area contributed by atoms with Crippen LogP contribution in [-0.4, -0.2) is 24.3 Å². The van der Waals surface area contributed by atoms with Crippen molar-refractivity contribution in [2.24, 2.45) is 11.8 Å². The first-order chi connectivity index (χ1) is 4.72. The number of hydrogen-bond donors (Lipinski definition) is 1. The summed E-state index contributed by atoms with van der Waals surface area (Å²) in [4.78, 5) is 10.5. The van der Waals surface area contributed by atoms with Gasteiger partial charge in [-0.1, -0.05) is 6.92 Å². The zero-order chi connectivity index (χ0) is 7.56. The molecule has 1 aliphatic rings. The van der Waals surface area contributed by atoms with Gasteiger partial charge in [0.1, 0.15) is 0 Å². The lowest BCUT2D eigenvalue weighted by Crippen LogP contribution is -2.30. The number of rotatable bonds is 1. The van der Waals surface area contributed by atoms with Crippen molar-refractivity contribution >= 4 is 5.97 Å². The normalized spacial score (nSPS) is 33.7. The Morgan fingerprint density at radius 1 is 1.70 bits per heavy atom. The van der Waals surface area contributed by atoms with Crippen LogP contribution in [0.2, 0.25) is 0 Å². The van der Waals surface area contributed by atoms with Gasteiger partial charge in [0.05, 0.1) is 5.92 Å². The van der Waals surface area contributed by atoms with Crippen molar-refractivity contribution in [3.8, 4) is 0 Å². The van der Waals surface area contributed by atoms with Crippen LogP contribution in [0.1, 0.15) is 13.3 Å². The Morgan fingerprint density at radius 3 is 2.80 bits per heavy atom. The van der Waals surface area contributed by atoms with Crippen LogP contribution in [0.4, 0.5) is 0 Å². The van der Waals surface area contributed by atoms with E-state index in [0.717, 1.165) is 0 Å². The fraction of sp³-hybridized carbons (Fsp3) is 0.857. The number of aliphatic carboxylic acids is 1. The van der Waals surface area contributed by atoms with E-state index in [1.54, 1.807) is 0 Å². The van der Waals surface area contributed by atoms with Gasteiger partial charge in [0, 0.05) is 13.2 Å². The zero-order valence-electron chi connectivity index (χ0n) is 6.04. The van der Waals surface area contributed by atoms with Crippen molar-refractivity contribution in [1.29, 1.82) is 0 Å². The van der Waals surface area contributed by atoms with E-state index < -0.39 is 5.97 Å². The van der Waals surface area contributed by atoms with Crippen molar-refractivity contribution in [2.75, 3.05) is 13.2 Å². The molecule has 0 aromatic heterocycles. The van der Waals surface area contributed by atoms with Crippen LogP contribution < -0.4 is 0 Å². The molecule has 0 unspecified atom stereocenters. The smallest absolute Gasteiger partial charge is 0.306 e. The Bertz CT molecular complexity index is 133. The third-order valence-electron chi connectivity index (χ3n) is 1.96. The van der Waals surface area contributed by atoms with Crippen LogP contribution in [0.25, 0.3) is 0 Å². The molecule has 58 valence electrons. The third-order valence-corrected chi connectivity index (χ3v) is 1.96. The van der Waals surface area contributed by atoms with Crippen molar-refractivity contribution in [2.45, 2.75) is 13.3 Å². The molecule has 1 heterocycles. The van der Waals surface area contributed by atoms with E-state index in [1.807, 2.05) is 6.92 Å². The van der Waals surface area contributed by atoms with Gasteiger partial charge in [-0.3, -0.25) is 4.79 Å². The Kier molecular flexibility index (Phi) is 2.27. The quantitative estimate of drug-likeness (QED) is 0.590. The van der Waals surface area contributed by atoms with E-state index in [-0.39, 0.29) is 11.8 Å². The Morgan fingerprint density at radius 2 is 2.40 bits per heavy atom. The average molecular weight is 144 g/mol. The van der Waals surface area contributed by atoms with Crippen molar-refractivity contribution in [1.82, 2.24) is 0 Å². The topological polar surface area (TPSA) is 46.5 Å². The molecule has 0 amide bonds. The maximum Gasteiger partial charge on any atom is 0.306 e. The molecular weight excluding hydrogens is 132 g/mol. The second-order valence-corrected chi connectivity index (χ2v) is 2.79. The predicted octanol–water partition coefficient (Wildman–Crippen LogP) is 0.744. The van der Waals surface area contributed by atoms with Crippen molar-refractivity contribution in [3.63, 3.8) is 0 Å². The number of ether oxygens (including phenoxy) is 1. The molecule has 3 nitrogen and oxygen atoms in total. The van der Waals surface area contributed by atoms with E-state index in [2.05, 4.69) is 0 Å². The summed E-state index contributed by atoms with van der Waals surface area (Å²) < 4.78 is 5.10. The zero-order valence-corrected chi connectivity index (χ0v) is 6.04. The maximum atomic E-state index is 10.5. The highest BCUT2D eigenvalue weighted by molar-refractivity contribution is 5.70. The molecule has 1 rings (SSSR count). The summed E-state index contributed by atoms with van der Waals surface area (Å²) in [5.41, 5.74) is 0. The molecule has 1 fully saturated rings. The Hall–Kier alpha value is -0.570. The fourth-order valence-corrected chi connectivity index (χ4v) is 1.25. The van der Waals surface area contributed by atoms with Gasteiger partial charge in [-0.2, -0.15) is 0 Å². The summed E-state index contributed by atoms with van der Waals surface area (Å²) in [7, 11) is 0. The van der Waals surface area contributed by atoms with Gasteiger partial charge in [-0.05, 0) is 12.3 Å². The van der Waals surface area contributed by atoms with E-state index in [9.17, 15) is 4.79 Å². The highest BCUT2D eigenvalue weighted by Crippen LogP contribution is 2.20. The van der Waals surface area contributed by atoms with Crippen LogP contribution in [-0.2, 0) is 9.53 Å². The standard InChI is InChI=1S/C7H12O3/c1-5-4-10-3-2-6(5)7(8)9/h5-6H,2-4H2,1H3,(H,8,9)/t5-,6-/m0/s1. The first-order valence-corrected chi connectivity index (χ1v) is 3.52. The minimum Gasteiger partial charge on any atom is -0.481 e. The van der Waals surface area contributed by atoms with Gasteiger partial charge >= 0.3 is 5.97 Å². The molecule has 2 atom stereocenters. The number of carboxylic acid groups (broad SMARTS) is 1. The van der Waals surface area contributed by atoms with E-state index in [4.69, 9.17) is 9.84 Å².